The quantitative estimate of drug-likeness (QED) is 0.282. The van der Waals surface area contributed by atoms with Crippen LogP contribution in [0.3, 0.4) is 0 Å². The van der Waals surface area contributed by atoms with Gasteiger partial charge >= 0.3 is 5.97 Å². The maximum Gasteiger partial charge on any atom is 0.341 e. The standard InChI is InChI=1S/C14H25IN2O3SSi2/c1-22(2,3)16-10-12(18)17-11(14(19)20-23(4,5)6)9(7-15)8-21-13(10)17/h10,13,16H,7-8H2,1-6H3. The van der Waals surface area contributed by atoms with Crippen molar-refractivity contribution in [2.75, 3.05) is 10.2 Å². The summed E-state index contributed by atoms with van der Waals surface area (Å²) >= 11 is 4.00. The monoisotopic (exact) mass is 484 g/mol. The molecule has 23 heavy (non-hydrogen) atoms. The van der Waals surface area contributed by atoms with Crippen molar-refractivity contribution < 1.29 is 14.0 Å². The van der Waals surface area contributed by atoms with Crippen molar-refractivity contribution in [1.29, 1.82) is 0 Å². The van der Waals surface area contributed by atoms with Gasteiger partial charge < -0.3 is 9.41 Å². The van der Waals surface area contributed by atoms with Crippen LogP contribution in [-0.4, -0.2) is 54.9 Å². The van der Waals surface area contributed by atoms with Crippen LogP contribution in [0.15, 0.2) is 11.3 Å². The fourth-order valence-corrected chi connectivity index (χ4v) is 6.90. The molecule has 0 aromatic rings. The van der Waals surface area contributed by atoms with E-state index < -0.39 is 16.6 Å². The summed E-state index contributed by atoms with van der Waals surface area (Å²) < 4.78 is 6.41. The van der Waals surface area contributed by atoms with Crippen LogP contribution in [0.4, 0.5) is 0 Å². The number of hydrogen-bond donors (Lipinski definition) is 1. The summed E-state index contributed by atoms with van der Waals surface area (Å²) in [5.74, 6) is 0.479. The smallest absolute Gasteiger partial charge is 0.341 e. The van der Waals surface area contributed by atoms with E-state index in [2.05, 4.69) is 47.2 Å². The lowest BCUT2D eigenvalue weighted by atomic mass is 10.0. The molecule has 0 aromatic heterocycles. The summed E-state index contributed by atoms with van der Waals surface area (Å²) in [5, 5.41) is 0.0186. The van der Waals surface area contributed by atoms with E-state index >= 15 is 0 Å². The Hall–Kier alpha value is 0.154. The minimum atomic E-state index is -1.99. The SMILES string of the molecule is C[Si](C)(C)NC1C(=O)N2C(C(=O)O[Si](C)(C)C)=C(CI)CSC12. The maximum atomic E-state index is 12.7. The largest absolute Gasteiger partial charge is 0.515 e. The van der Waals surface area contributed by atoms with E-state index in [1.807, 2.05) is 19.6 Å². The minimum Gasteiger partial charge on any atom is -0.515 e. The molecule has 1 amide bonds. The molecule has 0 aromatic carbocycles. The molecule has 0 radical (unpaired) electrons. The zero-order valence-electron chi connectivity index (χ0n) is 14.5. The van der Waals surface area contributed by atoms with Crippen molar-refractivity contribution in [2.24, 2.45) is 0 Å². The number of thioether (sulfide) groups is 1. The van der Waals surface area contributed by atoms with Crippen molar-refractivity contribution in [2.45, 2.75) is 50.7 Å². The molecule has 130 valence electrons. The van der Waals surface area contributed by atoms with E-state index in [1.165, 1.54) is 0 Å². The number of rotatable bonds is 5. The molecule has 0 spiro atoms. The molecular formula is C14H25IN2O3SSi2. The number of fused-ring (bicyclic) bond motifs is 1. The maximum absolute atomic E-state index is 12.7. The van der Waals surface area contributed by atoms with Gasteiger partial charge in [0.2, 0.25) is 14.2 Å². The zero-order chi connectivity index (χ0) is 17.6. The molecular weight excluding hydrogens is 459 g/mol. The Kier molecular flexibility index (Phi) is 5.77. The molecule has 2 aliphatic heterocycles. The molecule has 2 atom stereocenters. The third-order valence-electron chi connectivity index (χ3n) is 3.39. The van der Waals surface area contributed by atoms with Gasteiger partial charge in [-0.25, -0.2) is 4.79 Å². The molecule has 2 heterocycles. The number of halogens is 1. The van der Waals surface area contributed by atoms with Gasteiger partial charge in [0, 0.05) is 10.2 Å². The average molecular weight is 485 g/mol. The number of carbonyl (C=O) groups excluding carboxylic acids is 2. The number of carbonyl (C=O) groups is 2. The van der Waals surface area contributed by atoms with Gasteiger partial charge in [0.15, 0.2) is 0 Å². The molecule has 2 rings (SSSR count). The Morgan fingerprint density at radius 2 is 1.96 bits per heavy atom. The van der Waals surface area contributed by atoms with Crippen LogP contribution in [0.1, 0.15) is 0 Å². The van der Waals surface area contributed by atoms with Crippen LogP contribution >= 0.6 is 34.4 Å². The fraction of sp³-hybridized carbons (Fsp3) is 0.714. The summed E-state index contributed by atoms with van der Waals surface area (Å²) in [6.07, 6.45) is 0. The highest BCUT2D eigenvalue weighted by atomic mass is 127. The van der Waals surface area contributed by atoms with Crippen molar-refractivity contribution in [3.63, 3.8) is 0 Å². The molecule has 2 aliphatic rings. The third-order valence-corrected chi connectivity index (χ3v) is 7.62. The fourth-order valence-electron chi connectivity index (χ4n) is 2.57. The van der Waals surface area contributed by atoms with Crippen LogP contribution < -0.4 is 4.98 Å². The van der Waals surface area contributed by atoms with Gasteiger partial charge in [-0.05, 0) is 25.2 Å². The number of nitrogens with zero attached hydrogens (tertiary/aromatic N) is 1. The number of amides is 1. The summed E-state index contributed by atoms with van der Waals surface area (Å²) in [5.41, 5.74) is 1.51. The third kappa shape index (κ3) is 4.41. The lowest BCUT2D eigenvalue weighted by molar-refractivity contribution is -0.147. The predicted octanol–water partition coefficient (Wildman–Crippen LogP) is 2.76. The van der Waals surface area contributed by atoms with E-state index in [4.69, 9.17) is 4.43 Å². The van der Waals surface area contributed by atoms with E-state index in [0.29, 0.717) is 5.70 Å². The van der Waals surface area contributed by atoms with Crippen LogP contribution in [0.5, 0.6) is 0 Å². The molecule has 1 fully saturated rings. The topological polar surface area (TPSA) is 58.6 Å². The van der Waals surface area contributed by atoms with Gasteiger partial charge in [0.1, 0.15) is 25.3 Å². The molecule has 5 nitrogen and oxygen atoms in total. The molecule has 0 bridgehead atoms. The Morgan fingerprint density at radius 1 is 1.35 bits per heavy atom. The van der Waals surface area contributed by atoms with Crippen LogP contribution in [0.2, 0.25) is 39.3 Å². The number of alkyl halides is 1. The Morgan fingerprint density at radius 3 is 2.43 bits per heavy atom. The second kappa shape index (κ2) is 6.81. The first-order valence-corrected chi connectivity index (χ1v) is 17.2. The molecule has 0 saturated carbocycles. The van der Waals surface area contributed by atoms with Gasteiger partial charge in [-0.15, -0.1) is 11.8 Å². The molecule has 2 unspecified atom stereocenters. The molecule has 1 N–H and O–H groups in total. The van der Waals surface area contributed by atoms with E-state index in [0.717, 1.165) is 15.8 Å². The van der Waals surface area contributed by atoms with Crippen LogP contribution in [-0.2, 0) is 14.0 Å². The number of nitrogens with one attached hydrogen (secondary N) is 1. The van der Waals surface area contributed by atoms with Crippen molar-refractivity contribution in [1.82, 2.24) is 9.88 Å². The Bertz CT molecular complexity index is 557. The second-order valence-electron chi connectivity index (χ2n) is 7.87. The Balaban J connectivity index is 2.25. The first kappa shape index (κ1) is 19.5. The second-order valence-corrected chi connectivity index (χ2v) is 19.0. The van der Waals surface area contributed by atoms with Gasteiger partial charge in [-0.1, -0.05) is 42.2 Å². The van der Waals surface area contributed by atoms with Gasteiger partial charge in [0.25, 0.3) is 0 Å². The van der Waals surface area contributed by atoms with Gasteiger partial charge in [-0.2, -0.15) is 0 Å². The minimum absolute atomic E-state index is 0.00880. The normalized spacial score (nSPS) is 25.2. The van der Waals surface area contributed by atoms with Crippen molar-refractivity contribution >= 4 is 62.8 Å². The Labute approximate surface area is 158 Å². The summed E-state index contributed by atoms with van der Waals surface area (Å²) in [6, 6.07) is -0.169. The number of β-lactam (4-membered cyclic amide) rings is 1. The summed E-state index contributed by atoms with van der Waals surface area (Å²) in [6.45, 7) is 12.5. The molecule has 0 aliphatic carbocycles. The van der Waals surface area contributed by atoms with Crippen molar-refractivity contribution in [3.05, 3.63) is 11.3 Å². The first-order valence-electron chi connectivity index (χ1n) is 7.68. The highest BCUT2D eigenvalue weighted by Gasteiger charge is 2.54. The molecule has 1 saturated heterocycles. The van der Waals surface area contributed by atoms with E-state index in [9.17, 15) is 9.59 Å². The van der Waals surface area contributed by atoms with E-state index in [1.54, 1.807) is 16.7 Å². The van der Waals surface area contributed by atoms with Crippen LogP contribution in [0, 0.1) is 0 Å². The lowest BCUT2D eigenvalue weighted by Crippen LogP contribution is -2.73. The zero-order valence-corrected chi connectivity index (χ0v) is 19.5. The highest BCUT2D eigenvalue weighted by Crippen LogP contribution is 2.41. The lowest BCUT2D eigenvalue weighted by Gasteiger charge is -2.51. The summed E-state index contributed by atoms with van der Waals surface area (Å²) in [7, 11) is -3.55. The summed E-state index contributed by atoms with van der Waals surface area (Å²) in [4.78, 5) is 30.5. The molecule has 9 heteroatoms. The van der Waals surface area contributed by atoms with E-state index in [-0.39, 0.29) is 23.3 Å². The van der Waals surface area contributed by atoms with Gasteiger partial charge in [-0.3, -0.25) is 9.69 Å². The van der Waals surface area contributed by atoms with Crippen molar-refractivity contribution in [3.8, 4) is 0 Å². The average Bonchev–Trinajstić information content (AvgIpc) is 2.40. The first-order chi connectivity index (χ1) is 10.4. The highest BCUT2D eigenvalue weighted by molar-refractivity contribution is 14.1. The van der Waals surface area contributed by atoms with Gasteiger partial charge in [0.05, 0.1) is 0 Å². The predicted molar refractivity (Wildman–Crippen MR) is 109 cm³/mol. The number of hydrogen-bond acceptors (Lipinski definition) is 5. The van der Waals surface area contributed by atoms with Crippen LogP contribution in [0.25, 0.3) is 0 Å².